The average molecular weight is 458 g/mol. The van der Waals surface area contributed by atoms with Crippen molar-refractivity contribution in [3.8, 4) is 0 Å². The minimum absolute atomic E-state index is 0.110. The Morgan fingerprint density at radius 1 is 1.06 bits per heavy atom. The topological polar surface area (TPSA) is 69.7 Å². The van der Waals surface area contributed by atoms with Gasteiger partial charge in [0.25, 0.3) is 11.1 Å². The first-order valence-electron chi connectivity index (χ1n) is 10.3. The molecule has 0 atom stereocenters. The number of piperidine rings is 1. The fraction of sp³-hybridized carbons (Fsp3) is 0.261. The van der Waals surface area contributed by atoms with Crippen LogP contribution in [-0.4, -0.2) is 41.6 Å². The van der Waals surface area contributed by atoms with Gasteiger partial charge in [-0.2, -0.15) is 0 Å². The molecule has 2 aliphatic heterocycles. The molecule has 32 heavy (non-hydrogen) atoms. The Labute approximate surface area is 188 Å². The summed E-state index contributed by atoms with van der Waals surface area (Å²) in [5.41, 5.74) is 1.21. The van der Waals surface area contributed by atoms with Crippen molar-refractivity contribution in [2.75, 3.05) is 29.9 Å². The monoisotopic (exact) mass is 457 g/mol. The largest absolute Gasteiger partial charge is 0.369 e. The Kier molecular flexibility index (Phi) is 6.55. The molecule has 2 fully saturated rings. The molecule has 2 saturated heterocycles. The van der Waals surface area contributed by atoms with E-state index in [1.165, 1.54) is 30.3 Å². The van der Waals surface area contributed by atoms with Crippen LogP contribution in [0, 0.1) is 11.6 Å². The molecule has 0 bridgehead atoms. The standard InChI is InChI=1S/C23H21F2N3O3S/c24-16-5-4-6-17(13-16)26-21(29)14-28-22(30)20(32-23(28)31)12-15-7-8-19(18(25)11-15)27-9-2-1-3-10-27/h4-8,11-13H,1-3,9-10,14H2,(H,26,29)/b20-12+. The number of anilines is 2. The second kappa shape index (κ2) is 9.52. The van der Waals surface area contributed by atoms with Gasteiger partial charge < -0.3 is 10.2 Å². The predicted octanol–water partition coefficient (Wildman–Crippen LogP) is 4.63. The van der Waals surface area contributed by atoms with Crippen LogP contribution in [-0.2, 0) is 9.59 Å². The number of hydrogen-bond donors (Lipinski definition) is 1. The van der Waals surface area contributed by atoms with Gasteiger partial charge in [-0.3, -0.25) is 19.3 Å². The van der Waals surface area contributed by atoms with E-state index in [1.54, 1.807) is 12.1 Å². The molecule has 3 amide bonds. The SMILES string of the molecule is O=C(CN1C(=O)S/C(=C/c2ccc(N3CCCCC3)c(F)c2)C1=O)Nc1cccc(F)c1. The molecule has 2 aromatic rings. The number of imide groups is 1. The smallest absolute Gasteiger partial charge is 0.294 e. The van der Waals surface area contributed by atoms with E-state index in [0.717, 1.165) is 43.3 Å². The van der Waals surface area contributed by atoms with Crippen LogP contribution in [0.5, 0.6) is 0 Å². The molecule has 1 N–H and O–H groups in total. The highest BCUT2D eigenvalue weighted by molar-refractivity contribution is 8.18. The summed E-state index contributed by atoms with van der Waals surface area (Å²) in [6, 6.07) is 10.0. The Morgan fingerprint density at radius 2 is 1.84 bits per heavy atom. The minimum Gasteiger partial charge on any atom is -0.369 e. The number of carbonyl (C=O) groups is 3. The van der Waals surface area contributed by atoms with Gasteiger partial charge in [0.1, 0.15) is 18.2 Å². The van der Waals surface area contributed by atoms with Crippen molar-refractivity contribution in [3.63, 3.8) is 0 Å². The molecule has 0 spiro atoms. The zero-order valence-corrected chi connectivity index (χ0v) is 18.0. The lowest BCUT2D eigenvalue weighted by atomic mass is 10.1. The molecular formula is C23H21F2N3O3S. The van der Waals surface area contributed by atoms with Crippen LogP contribution in [0.25, 0.3) is 6.08 Å². The van der Waals surface area contributed by atoms with E-state index in [1.807, 2.05) is 4.90 Å². The number of halogens is 2. The summed E-state index contributed by atoms with van der Waals surface area (Å²) in [4.78, 5) is 40.0. The van der Waals surface area contributed by atoms with Gasteiger partial charge in [0.2, 0.25) is 5.91 Å². The number of amides is 3. The van der Waals surface area contributed by atoms with Crippen molar-refractivity contribution in [2.24, 2.45) is 0 Å². The average Bonchev–Trinajstić information content (AvgIpc) is 3.02. The van der Waals surface area contributed by atoms with Crippen molar-refractivity contribution in [3.05, 3.63) is 64.6 Å². The van der Waals surface area contributed by atoms with Gasteiger partial charge in [-0.05, 0) is 73.0 Å². The van der Waals surface area contributed by atoms with Gasteiger partial charge in [0.15, 0.2) is 0 Å². The van der Waals surface area contributed by atoms with Crippen molar-refractivity contribution in [1.82, 2.24) is 4.90 Å². The number of rotatable bonds is 5. The van der Waals surface area contributed by atoms with Crippen LogP contribution >= 0.6 is 11.8 Å². The summed E-state index contributed by atoms with van der Waals surface area (Å²) < 4.78 is 27.9. The lowest BCUT2D eigenvalue weighted by Gasteiger charge is -2.29. The normalized spacial score (nSPS) is 17.9. The van der Waals surface area contributed by atoms with Crippen molar-refractivity contribution < 1.29 is 23.2 Å². The van der Waals surface area contributed by atoms with Gasteiger partial charge in [0.05, 0.1) is 10.6 Å². The van der Waals surface area contributed by atoms with E-state index in [9.17, 15) is 23.2 Å². The molecule has 6 nitrogen and oxygen atoms in total. The first-order chi connectivity index (χ1) is 15.4. The molecule has 0 saturated carbocycles. The highest BCUT2D eigenvalue weighted by atomic mass is 32.2. The second-order valence-electron chi connectivity index (χ2n) is 7.58. The fourth-order valence-electron chi connectivity index (χ4n) is 3.70. The number of nitrogens with one attached hydrogen (secondary N) is 1. The number of carbonyl (C=O) groups excluding carboxylic acids is 3. The van der Waals surface area contributed by atoms with Crippen LogP contribution in [0.2, 0.25) is 0 Å². The number of nitrogens with zero attached hydrogens (tertiary/aromatic N) is 2. The van der Waals surface area contributed by atoms with Gasteiger partial charge in [-0.15, -0.1) is 0 Å². The van der Waals surface area contributed by atoms with Crippen molar-refractivity contribution >= 4 is 46.3 Å². The Hall–Kier alpha value is -3.20. The van der Waals surface area contributed by atoms with Crippen LogP contribution in [0.3, 0.4) is 0 Å². The molecule has 0 aromatic heterocycles. The summed E-state index contributed by atoms with van der Waals surface area (Å²) in [7, 11) is 0. The molecule has 2 aromatic carbocycles. The lowest BCUT2D eigenvalue weighted by Crippen LogP contribution is -2.36. The second-order valence-corrected chi connectivity index (χ2v) is 8.58. The first-order valence-corrected chi connectivity index (χ1v) is 11.1. The molecule has 0 aliphatic carbocycles. The lowest BCUT2D eigenvalue weighted by molar-refractivity contribution is -0.127. The summed E-state index contributed by atoms with van der Waals surface area (Å²) in [5, 5.41) is 1.86. The Bertz CT molecular complexity index is 1100. The molecule has 166 valence electrons. The van der Waals surface area contributed by atoms with Gasteiger partial charge >= 0.3 is 0 Å². The van der Waals surface area contributed by atoms with E-state index >= 15 is 0 Å². The van der Waals surface area contributed by atoms with Crippen molar-refractivity contribution in [1.29, 1.82) is 0 Å². The van der Waals surface area contributed by atoms with E-state index in [2.05, 4.69) is 5.32 Å². The minimum atomic E-state index is -0.630. The van der Waals surface area contributed by atoms with Gasteiger partial charge in [-0.1, -0.05) is 12.1 Å². The van der Waals surface area contributed by atoms with E-state index < -0.39 is 29.4 Å². The molecule has 0 unspecified atom stereocenters. The number of benzene rings is 2. The first kappa shape index (κ1) is 22.0. The third kappa shape index (κ3) is 4.99. The van der Waals surface area contributed by atoms with Gasteiger partial charge in [0, 0.05) is 18.8 Å². The van der Waals surface area contributed by atoms with Crippen LogP contribution in [0.15, 0.2) is 47.4 Å². The highest BCUT2D eigenvalue weighted by Gasteiger charge is 2.36. The summed E-state index contributed by atoms with van der Waals surface area (Å²) in [5.74, 6) is -2.16. The number of thioether (sulfide) groups is 1. The maximum atomic E-state index is 14.6. The fourth-order valence-corrected chi connectivity index (χ4v) is 4.54. The Morgan fingerprint density at radius 3 is 2.56 bits per heavy atom. The Balaban J connectivity index is 1.43. The molecule has 4 rings (SSSR count). The zero-order valence-electron chi connectivity index (χ0n) is 17.1. The summed E-state index contributed by atoms with van der Waals surface area (Å²) in [6.07, 6.45) is 4.65. The van der Waals surface area contributed by atoms with E-state index in [0.29, 0.717) is 23.0 Å². The zero-order chi connectivity index (χ0) is 22.7. The molecule has 2 aliphatic rings. The predicted molar refractivity (Wildman–Crippen MR) is 120 cm³/mol. The molecular weight excluding hydrogens is 436 g/mol. The van der Waals surface area contributed by atoms with E-state index in [4.69, 9.17) is 0 Å². The summed E-state index contributed by atoms with van der Waals surface area (Å²) >= 11 is 0.691. The van der Waals surface area contributed by atoms with Crippen LogP contribution in [0.1, 0.15) is 24.8 Å². The highest BCUT2D eigenvalue weighted by Crippen LogP contribution is 2.33. The third-order valence-electron chi connectivity index (χ3n) is 5.25. The number of hydrogen-bond acceptors (Lipinski definition) is 5. The van der Waals surface area contributed by atoms with Crippen LogP contribution < -0.4 is 10.2 Å². The molecule has 0 radical (unpaired) electrons. The quantitative estimate of drug-likeness (QED) is 0.663. The van der Waals surface area contributed by atoms with Crippen molar-refractivity contribution in [2.45, 2.75) is 19.3 Å². The van der Waals surface area contributed by atoms with Gasteiger partial charge in [-0.25, -0.2) is 8.78 Å². The maximum Gasteiger partial charge on any atom is 0.294 e. The van der Waals surface area contributed by atoms with Crippen LogP contribution in [0.4, 0.5) is 25.0 Å². The maximum absolute atomic E-state index is 14.6. The molecule has 2 heterocycles. The summed E-state index contributed by atoms with van der Waals surface area (Å²) in [6.45, 7) is 1.13. The van der Waals surface area contributed by atoms with E-state index in [-0.39, 0.29) is 16.4 Å². The third-order valence-corrected chi connectivity index (χ3v) is 6.16. The molecule has 9 heteroatoms.